The number of Topliss-reactive ketones (excluding diaryl/α,β-unsaturated/α-hetero) is 1. The highest BCUT2D eigenvalue weighted by Crippen LogP contribution is 2.36. The lowest BCUT2D eigenvalue weighted by Crippen LogP contribution is -2.48. The maximum absolute atomic E-state index is 13.1. The number of hydrogen-bond donors (Lipinski definition) is 2. The quantitative estimate of drug-likeness (QED) is 0.593. The van der Waals surface area contributed by atoms with E-state index in [4.69, 9.17) is 14.6 Å². The molecule has 5 rings (SSSR count). The van der Waals surface area contributed by atoms with E-state index >= 15 is 0 Å². The summed E-state index contributed by atoms with van der Waals surface area (Å²) in [6, 6.07) is 5.38. The Hall–Kier alpha value is -2.91. The number of benzene rings is 1. The second kappa shape index (κ2) is 9.76. The largest absolute Gasteiger partial charge is 0.493 e. The number of amides is 1. The molecular formula is C25H33N5O4. The van der Waals surface area contributed by atoms with Crippen molar-refractivity contribution in [3.8, 4) is 5.75 Å². The van der Waals surface area contributed by atoms with Crippen molar-refractivity contribution in [3.63, 3.8) is 0 Å². The molecule has 3 heterocycles. The monoisotopic (exact) mass is 467 g/mol. The molecular weight excluding hydrogens is 434 g/mol. The Labute approximate surface area is 200 Å². The SMILES string of the molecule is CCOc1ccc(C(=O)CN2CCOCC2)cc1C1=NN2C(=C(C)NC2C2CCCC2)C(=O)N1. The molecule has 1 saturated heterocycles. The highest BCUT2D eigenvalue weighted by atomic mass is 16.5. The summed E-state index contributed by atoms with van der Waals surface area (Å²) >= 11 is 0. The van der Waals surface area contributed by atoms with Crippen LogP contribution < -0.4 is 15.4 Å². The highest BCUT2D eigenvalue weighted by Gasteiger charge is 2.42. The lowest BCUT2D eigenvalue weighted by Gasteiger charge is -2.32. The van der Waals surface area contributed by atoms with E-state index in [1.165, 1.54) is 12.8 Å². The lowest BCUT2D eigenvalue weighted by molar-refractivity contribution is -0.118. The molecule has 1 amide bonds. The Morgan fingerprint density at radius 1 is 1.24 bits per heavy atom. The number of ketones is 1. The number of fused-ring (bicyclic) bond motifs is 1. The summed E-state index contributed by atoms with van der Waals surface area (Å²) in [5.41, 5.74) is 2.61. The van der Waals surface area contributed by atoms with E-state index in [1.54, 1.807) is 18.2 Å². The molecule has 1 atom stereocenters. The zero-order valence-electron chi connectivity index (χ0n) is 19.9. The van der Waals surface area contributed by atoms with Gasteiger partial charge < -0.3 is 20.1 Å². The second-order valence-corrected chi connectivity index (χ2v) is 9.31. The third-order valence-corrected chi connectivity index (χ3v) is 7.04. The predicted octanol–water partition coefficient (Wildman–Crippen LogP) is 2.04. The van der Waals surface area contributed by atoms with Gasteiger partial charge in [-0.05, 0) is 50.8 Å². The number of hydrogen-bond acceptors (Lipinski definition) is 8. The first-order valence-electron chi connectivity index (χ1n) is 12.3. The summed E-state index contributed by atoms with van der Waals surface area (Å²) in [5.74, 6) is 1.28. The molecule has 0 spiro atoms. The smallest absolute Gasteiger partial charge is 0.276 e. The molecule has 9 nitrogen and oxygen atoms in total. The number of amidine groups is 1. The Morgan fingerprint density at radius 2 is 2.00 bits per heavy atom. The van der Waals surface area contributed by atoms with E-state index in [2.05, 4.69) is 15.5 Å². The summed E-state index contributed by atoms with van der Waals surface area (Å²) in [7, 11) is 0. The number of hydrazone groups is 1. The van der Waals surface area contributed by atoms with Gasteiger partial charge in [-0.25, -0.2) is 5.01 Å². The Bertz CT molecular complexity index is 1020. The molecule has 1 unspecified atom stereocenters. The van der Waals surface area contributed by atoms with Crippen LogP contribution in [0.4, 0.5) is 0 Å². The number of nitrogens with one attached hydrogen (secondary N) is 2. The molecule has 1 aromatic rings. The van der Waals surface area contributed by atoms with Crippen LogP contribution in [0, 0.1) is 5.92 Å². The van der Waals surface area contributed by atoms with Crippen molar-refractivity contribution in [2.45, 2.75) is 45.7 Å². The zero-order valence-corrected chi connectivity index (χ0v) is 19.9. The number of carbonyl (C=O) groups excluding carboxylic acids is 2. The molecule has 1 aromatic carbocycles. The second-order valence-electron chi connectivity index (χ2n) is 9.31. The van der Waals surface area contributed by atoms with Crippen LogP contribution in [0.1, 0.15) is 55.5 Å². The minimum atomic E-state index is -0.192. The van der Waals surface area contributed by atoms with Crippen molar-refractivity contribution in [3.05, 3.63) is 40.7 Å². The van der Waals surface area contributed by atoms with Crippen LogP contribution in [0.15, 0.2) is 34.7 Å². The van der Waals surface area contributed by atoms with Crippen LogP contribution >= 0.6 is 0 Å². The average molecular weight is 468 g/mol. The van der Waals surface area contributed by atoms with Gasteiger partial charge in [0.2, 0.25) is 0 Å². The summed E-state index contributed by atoms with van der Waals surface area (Å²) in [5, 5.41) is 13.2. The van der Waals surface area contributed by atoms with Gasteiger partial charge in [0.25, 0.3) is 5.91 Å². The van der Waals surface area contributed by atoms with Crippen molar-refractivity contribution in [2.75, 3.05) is 39.5 Å². The molecule has 9 heteroatoms. The fraction of sp³-hybridized carbons (Fsp3) is 0.560. The zero-order chi connectivity index (χ0) is 23.7. The number of rotatable bonds is 7. The number of ether oxygens (including phenoxy) is 2. The van der Waals surface area contributed by atoms with E-state index < -0.39 is 0 Å². The van der Waals surface area contributed by atoms with Crippen LogP contribution in [-0.2, 0) is 9.53 Å². The Morgan fingerprint density at radius 3 is 2.74 bits per heavy atom. The van der Waals surface area contributed by atoms with Gasteiger partial charge in [-0.2, -0.15) is 5.10 Å². The Kier molecular flexibility index (Phi) is 6.56. The molecule has 0 radical (unpaired) electrons. The van der Waals surface area contributed by atoms with Crippen molar-refractivity contribution >= 4 is 17.5 Å². The van der Waals surface area contributed by atoms with Crippen LogP contribution in [0.25, 0.3) is 0 Å². The van der Waals surface area contributed by atoms with Gasteiger partial charge in [0.15, 0.2) is 11.6 Å². The maximum Gasteiger partial charge on any atom is 0.276 e. The first kappa shape index (κ1) is 22.9. The highest BCUT2D eigenvalue weighted by molar-refractivity contribution is 6.16. The van der Waals surface area contributed by atoms with Crippen LogP contribution in [-0.4, -0.2) is 73.1 Å². The van der Waals surface area contributed by atoms with Crippen molar-refractivity contribution < 1.29 is 19.1 Å². The molecule has 2 fully saturated rings. The fourth-order valence-electron chi connectivity index (χ4n) is 5.28. The van der Waals surface area contributed by atoms with Gasteiger partial charge in [0.05, 0.1) is 31.9 Å². The summed E-state index contributed by atoms with van der Waals surface area (Å²) in [6.07, 6.45) is 4.62. The maximum atomic E-state index is 13.1. The molecule has 3 aliphatic heterocycles. The predicted molar refractivity (Wildman–Crippen MR) is 127 cm³/mol. The van der Waals surface area contributed by atoms with E-state index in [1.807, 2.05) is 18.9 Å². The fourth-order valence-corrected chi connectivity index (χ4v) is 5.28. The van der Waals surface area contributed by atoms with Gasteiger partial charge in [-0.1, -0.05) is 12.8 Å². The minimum Gasteiger partial charge on any atom is -0.493 e. The van der Waals surface area contributed by atoms with Crippen molar-refractivity contribution in [1.82, 2.24) is 20.5 Å². The normalized spacial score (nSPS) is 23.5. The van der Waals surface area contributed by atoms with Gasteiger partial charge in [-0.3, -0.25) is 14.5 Å². The molecule has 1 aliphatic carbocycles. The van der Waals surface area contributed by atoms with Gasteiger partial charge in [-0.15, -0.1) is 0 Å². The van der Waals surface area contributed by atoms with Gasteiger partial charge >= 0.3 is 0 Å². The molecule has 34 heavy (non-hydrogen) atoms. The first-order valence-corrected chi connectivity index (χ1v) is 12.3. The summed E-state index contributed by atoms with van der Waals surface area (Å²) in [4.78, 5) is 28.3. The first-order chi connectivity index (χ1) is 16.5. The van der Waals surface area contributed by atoms with Crippen LogP contribution in [0.2, 0.25) is 0 Å². The number of carbonyl (C=O) groups is 2. The molecule has 0 bridgehead atoms. The summed E-state index contributed by atoms with van der Waals surface area (Å²) in [6.45, 7) is 7.42. The van der Waals surface area contributed by atoms with Gasteiger partial charge in [0, 0.05) is 24.4 Å². The number of allylic oxidation sites excluding steroid dienone is 1. The van der Waals surface area contributed by atoms with E-state index in [9.17, 15) is 9.59 Å². The summed E-state index contributed by atoms with van der Waals surface area (Å²) < 4.78 is 11.2. The average Bonchev–Trinajstić information content (AvgIpc) is 3.48. The number of morpholine rings is 1. The van der Waals surface area contributed by atoms with Gasteiger partial charge in [0.1, 0.15) is 17.6 Å². The van der Waals surface area contributed by atoms with E-state index in [0.29, 0.717) is 60.7 Å². The van der Waals surface area contributed by atoms with Crippen molar-refractivity contribution in [2.24, 2.45) is 11.0 Å². The molecule has 4 aliphatic rings. The third-order valence-electron chi connectivity index (χ3n) is 7.04. The molecule has 1 saturated carbocycles. The third kappa shape index (κ3) is 4.42. The topological polar surface area (TPSA) is 95.5 Å². The standard InChI is InChI=1S/C25H33N5O4/c1-3-34-21-9-8-18(20(31)15-29-10-12-33-13-11-29)14-19(21)23-27-25(32)22-16(2)26-24(30(22)28-23)17-6-4-5-7-17/h8-9,14,17,24,26H,3-7,10-13,15H2,1-2H3,(H,27,28,32). The van der Waals surface area contributed by atoms with Crippen LogP contribution in [0.3, 0.4) is 0 Å². The molecule has 182 valence electrons. The minimum absolute atomic E-state index is 0.0250. The number of nitrogens with zero attached hydrogens (tertiary/aromatic N) is 3. The molecule has 0 aromatic heterocycles. The van der Waals surface area contributed by atoms with E-state index in [0.717, 1.165) is 31.6 Å². The Balaban J connectivity index is 1.46. The van der Waals surface area contributed by atoms with Crippen molar-refractivity contribution in [1.29, 1.82) is 0 Å². The van der Waals surface area contributed by atoms with E-state index in [-0.39, 0.29) is 17.9 Å². The van der Waals surface area contributed by atoms with Crippen LogP contribution in [0.5, 0.6) is 5.75 Å². The lowest BCUT2D eigenvalue weighted by atomic mass is 10.0. The molecule has 2 N–H and O–H groups in total.